The summed E-state index contributed by atoms with van der Waals surface area (Å²) < 4.78 is 0. The van der Waals surface area contributed by atoms with Gasteiger partial charge in [0.25, 0.3) is 0 Å². The molecular weight excluding hydrogens is 211 g/mol. The number of allylic oxidation sites excluding steroid dienone is 5. The molecule has 1 aromatic carbocycles. The van der Waals surface area contributed by atoms with Crippen molar-refractivity contribution in [3.05, 3.63) is 65.8 Å². The number of ketones is 1. The smallest absolute Gasteiger partial charge is 0.171 e. The predicted molar refractivity (Wildman–Crippen MR) is 67.0 cm³/mol. The Morgan fingerprint density at radius 3 is 2.59 bits per heavy atom. The summed E-state index contributed by atoms with van der Waals surface area (Å²) in [7, 11) is 5.50. The van der Waals surface area contributed by atoms with Crippen LogP contribution in [0.15, 0.2) is 76.0 Å². The first-order chi connectivity index (χ1) is 8.25. The zero-order chi connectivity index (χ0) is 12.1. The van der Waals surface area contributed by atoms with Crippen molar-refractivity contribution in [1.29, 1.82) is 0 Å². The molecule has 17 heavy (non-hydrogen) atoms. The summed E-state index contributed by atoms with van der Waals surface area (Å²) in [5.74, 6) is -0.179. The zero-order valence-electron chi connectivity index (χ0n) is 9.08. The number of azo groups is 1. The molecule has 1 aliphatic rings. The van der Waals surface area contributed by atoms with Gasteiger partial charge in [0, 0.05) is 0 Å². The van der Waals surface area contributed by atoms with E-state index in [1.807, 2.05) is 30.3 Å². The molecule has 0 spiro atoms. The van der Waals surface area contributed by atoms with E-state index in [1.165, 1.54) is 6.08 Å². The van der Waals surface area contributed by atoms with Gasteiger partial charge in [-0.15, -0.1) is 0 Å². The molecule has 0 saturated carbocycles. The van der Waals surface area contributed by atoms with Gasteiger partial charge in [0.15, 0.2) is 5.78 Å². The Morgan fingerprint density at radius 2 is 1.88 bits per heavy atom. The number of rotatable bonds is 2. The number of nitrogens with zero attached hydrogens (tertiary/aromatic N) is 2. The first-order valence-electron chi connectivity index (χ1n) is 5.11. The van der Waals surface area contributed by atoms with Gasteiger partial charge in [0.2, 0.25) is 0 Å². The molecule has 2 radical (unpaired) electrons. The van der Waals surface area contributed by atoms with Crippen LogP contribution in [0, 0.1) is 0 Å². The van der Waals surface area contributed by atoms with Crippen molar-refractivity contribution in [2.75, 3.05) is 0 Å². The largest absolute Gasteiger partial charge is 0.291 e. The Hall–Kier alpha value is -2.23. The number of benzene rings is 1. The normalized spacial score (nSPS) is 17.8. The SMILES string of the molecule is [B]C1=CC(=CN=Nc2ccccc2)C=CC1=O. The maximum atomic E-state index is 11.1. The van der Waals surface area contributed by atoms with Crippen LogP contribution >= 0.6 is 0 Å². The minimum atomic E-state index is -0.179. The molecule has 1 aromatic rings. The Kier molecular flexibility index (Phi) is 3.45. The van der Waals surface area contributed by atoms with Gasteiger partial charge in [-0.2, -0.15) is 10.2 Å². The standard InChI is InChI=1S/C13H9BN2O/c14-12-8-10(6-7-13(12)17)9-15-16-11-4-2-1-3-5-11/h1-9H. The van der Waals surface area contributed by atoms with Gasteiger partial charge in [-0.25, -0.2) is 0 Å². The zero-order valence-corrected chi connectivity index (χ0v) is 9.08. The second-order valence-electron chi connectivity index (χ2n) is 3.48. The average molecular weight is 220 g/mol. The second-order valence-corrected chi connectivity index (χ2v) is 3.48. The van der Waals surface area contributed by atoms with E-state index in [1.54, 1.807) is 18.4 Å². The fourth-order valence-corrected chi connectivity index (χ4v) is 1.30. The molecule has 3 nitrogen and oxygen atoms in total. The third-order valence-electron chi connectivity index (χ3n) is 2.17. The first-order valence-corrected chi connectivity index (χ1v) is 5.11. The van der Waals surface area contributed by atoms with Crippen LogP contribution in [-0.4, -0.2) is 13.6 Å². The van der Waals surface area contributed by atoms with Gasteiger partial charge in [0.1, 0.15) is 7.85 Å². The Morgan fingerprint density at radius 1 is 1.12 bits per heavy atom. The lowest BCUT2D eigenvalue weighted by Crippen LogP contribution is -2.02. The lowest BCUT2D eigenvalue weighted by atomic mass is 9.86. The van der Waals surface area contributed by atoms with Gasteiger partial charge in [-0.05, 0) is 35.3 Å². The van der Waals surface area contributed by atoms with Crippen molar-refractivity contribution < 1.29 is 4.79 Å². The van der Waals surface area contributed by atoms with Crippen LogP contribution < -0.4 is 0 Å². The number of hydrogen-bond donors (Lipinski definition) is 0. The first kappa shape index (κ1) is 11.3. The minimum absolute atomic E-state index is 0.179. The van der Waals surface area contributed by atoms with E-state index in [0.29, 0.717) is 0 Å². The Labute approximate surface area is 101 Å². The van der Waals surface area contributed by atoms with Crippen molar-refractivity contribution in [3.63, 3.8) is 0 Å². The third-order valence-corrected chi connectivity index (χ3v) is 2.17. The van der Waals surface area contributed by atoms with Crippen LogP contribution in [0.4, 0.5) is 5.69 Å². The fourth-order valence-electron chi connectivity index (χ4n) is 1.30. The van der Waals surface area contributed by atoms with Gasteiger partial charge >= 0.3 is 0 Å². The molecule has 0 heterocycles. The molecule has 0 bridgehead atoms. The summed E-state index contributed by atoms with van der Waals surface area (Å²) in [6.07, 6.45) is 6.21. The van der Waals surface area contributed by atoms with Crippen molar-refractivity contribution in [2.45, 2.75) is 0 Å². The molecule has 0 saturated heterocycles. The molecule has 0 aromatic heterocycles. The highest BCUT2D eigenvalue weighted by molar-refractivity contribution is 6.39. The Balaban J connectivity index is 2.10. The molecule has 0 aliphatic heterocycles. The van der Waals surface area contributed by atoms with Crippen molar-refractivity contribution in [2.24, 2.45) is 10.2 Å². The van der Waals surface area contributed by atoms with Crippen molar-refractivity contribution >= 4 is 19.3 Å². The van der Waals surface area contributed by atoms with Crippen LogP contribution in [0.1, 0.15) is 0 Å². The van der Waals surface area contributed by atoms with E-state index in [-0.39, 0.29) is 11.3 Å². The molecule has 0 amide bonds. The number of carbonyl (C=O) groups excluding carboxylic acids is 1. The topological polar surface area (TPSA) is 41.8 Å². The lowest BCUT2D eigenvalue weighted by Gasteiger charge is -2.02. The molecular formula is C13H9BN2O. The van der Waals surface area contributed by atoms with Crippen LogP contribution in [-0.2, 0) is 4.79 Å². The molecule has 80 valence electrons. The van der Waals surface area contributed by atoms with Crippen LogP contribution in [0.5, 0.6) is 0 Å². The van der Waals surface area contributed by atoms with Gasteiger partial charge in [-0.1, -0.05) is 24.3 Å². The average Bonchev–Trinajstić information content (AvgIpc) is 2.35. The predicted octanol–water partition coefficient (Wildman–Crippen LogP) is 2.85. The van der Waals surface area contributed by atoms with Crippen LogP contribution in [0.2, 0.25) is 0 Å². The summed E-state index contributed by atoms with van der Waals surface area (Å²) in [5, 5.41) is 7.93. The summed E-state index contributed by atoms with van der Waals surface area (Å²) >= 11 is 0. The third kappa shape index (κ3) is 3.11. The quantitative estimate of drug-likeness (QED) is 0.558. The van der Waals surface area contributed by atoms with Crippen molar-refractivity contribution in [3.8, 4) is 0 Å². The summed E-state index contributed by atoms with van der Waals surface area (Å²) in [5.41, 5.74) is 1.74. The van der Waals surface area contributed by atoms with Gasteiger partial charge in [0.05, 0.1) is 11.9 Å². The molecule has 0 N–H and O–H groups in total. The van der Waals surface area contributed by atoms with E-state index in [4.69, 9.17) is 7.85 Å². The highest BCUT2D eigenvalue weighted by Crippen LogP contribution is 2.13. The molecule has 2 rings (SSSR count). The maximum Gasteiger partial charge on any atom is 0.171 e. The molecule has 0 fully saturated rings. The van der Waals surface area contributed by atoms with Crippen LogP contribution in [0.25, 0.3) is 0 Å². The molecule has 4 heteroatoms. The lowest BCUT2D eigenvalue weighted by molar-refractivity contribution is -0.110. The highest BCUT2D eigenvalue weighted by Gasteiger charge is 2.04. The second kappa shape index (κ2) is 5.21. The van der Waals surface area contributed by atoms with Crippen molar-refractivity contribution in [1.82, 2.24) is 0 Å². The molecule has 0 unspecified atom stereocenters. The summed E-state index contributed by atoms with van der Waals surface area (Å²) in [6.45, 7) is 0. The monoisotopic (exact) mass is 220 g/mol. The van der Waals surface area contributed by atoms with E-state index in [0.717, 1.165) is 11.3 Å². The summed E-state index contributed by atoms with van der Waals surface area (Å²) in [4.78, 5) is 11.1. The number of carbonyl (C=O) groups is 1. The van der Waals surface area contributed by atoms with Crippen LogP contribution in [0.3, 0.4) is 0 Å². The molecule has 1 aliphatic carbocycles. The molecule has 0 atom stereocenters. The van der Waals surface area contributed by atoms with E-state index >= 15 is 0 Å². The number of hydrogen-bond acceptors (Lipinski definition) is 3. The minimum Gasteiger partial charge on any atom is -0.291 e. The maximum absolute atomic E-state index is 11.1. The van der Waals surface area contributed by atoms with E-state index < -0.39 is 0 Å². The highest BCUT2D eigenvalue weighted by atomic mass is 16.1. The van der Waals surface area contributed by atoms with Gasteiger partial charge in [-0.3, -0.25) is 4.79 Å². The Bertz CT molecular complexity index is 542. The summed E-state index contributed by atoms with van der Waals surface area (Å²) in [6, 6.07) is 9.40. The van der Waals surface area contributed by atoms with E-state index in [9.17, 15) is 4.79 Å². The van der Waals surface area contributed by atoms with Gasteiger partial charge < -0.3 is 0 Å². The fraction of sp³-hybridized carbons (Fsp3) is 0. The van der Waals surface area contributed by atoms with E-state index in [2.05, 4.69) is 10.2 Å².